The highest BCUT2D eigenvalue weighted by atomic mass is 32.2. The minimum atomic E-state index is -5.41. The predicted molar refractivity (Wildman–Crippen MR) is 225 cm³/mol. The number of anilines is 2. The van der Waals surface area contributed by atoms with Gasteiger partial charge in [-0.3, -0.25) is 29.2 Å². The molecule has 1 aliphatic heterocycles. The van der Waals surface area contributed by atoms with Gasteiger partial charge in [-0.2, -0.15) is 26.7 Å². The molecule has 0 saturated carbocycles. The van der Waals surface area contributed by atoms with Gasteiger partial charge in [0.2, 0.25) is 5.91 Å². The summed E-state index contributed by atoms with van der Waals surface area (Å²) in [5.74, 6) is -4.77. The van der Waals surface area contributed by atoms with E-state index >= 15 is 0 Å². The number of rotatable bonds is 17. The van der Waals surface area contributed by atoms with Crippen LogP contribution in [0.3, 0.4) is 0 Å². The normalized spacial score (nSPS) is 14.1. The molecule has 0 bridgehead atoms. The van der Waals surface area contributed by atoms with Crippen molar-refractivity contribution < 1.29 is 54.9 Å². The van der Waals surface area contributed by atoms with Gasteiger partial charge < -0.3 is 30.2 Å². The van der Waals surface area contributed by atoms with Crippen molar-refractivity contribution in [3.63, 3.8) is 0 Å². The first-order valence-electron chi connectivity index (χ1n) is 19.8. The summed E-state index contributed by atoms with van der Waals surface area (Å²) in [5, 5.41) is 9.64. The fourth-order valence-corrected chi connectivity index (χ4v) is 7.38. The second-order valence-corrected chi connectivity index (χ2v) is 16.0. The molecule has 1 aliphatic rings. The van der Waals surface area contributed by atoms with E-state index < -0.39 is 46.6 Å². The highest BCUT2D eigenvalue weighted by Crippen LogP contribution is 2.27. The maximum Gasteiger partial charge on any atom is 0.491 e. The second-order valence-electron chi connectivity index (χ2n) is 14.6. The molecule has 3 amide bonds. The molecule has 0 radical (unpaired) electrons. The number of unbranched alkanes of at least 4 members (excludes halogenated alkanes) is 3. The van der Waals surface area contributed by atoms with E-state index in [9.17, 15) is 50.1 Å². The molecule has 64 heavy (non-hydrogen) atoms. The molecule has 1 unspecified atom stereocenters. The summed E-state index contributed by atoms with van der Waals surface area (Å²) in [7, 11) is -2.84. The highest BCUT2D eigenvalue weighted by Gasteiger charge is 2.43. The highest BCUT2D eigenvalue weighted by molar-refractivity contribution is 7.86. The molecule has 1 atom stereocenters. The summed E-state index contributed by atoms with van der Waals surface area (Å²) in [6.07, 6.45) is -1.48. The van der Waals surface area contributed by atoms with E-state index in [1.807, 2.05) is 24.3 Å². The molecular weight excluding hydrogens is 864 g/mol. The lowest BCUT2D eigenvalue weighted by Gasteiger charge is -2.24. The molecule has 3 aromatic carbocycles. The Hall–Kier alpha value is -7.20. The molecule has 0 aliphatic carbocycles. The molecule has 22 heteroatoms. The number of nitrogens with one attached hydrogen (secondary N) is 4. The van der Waals surface area contributed by atoms with Crippen LogP contribution >= 0.6 is 0 Å². The van der Waals surface area contributed by atoms with Gasteiger partial charge in [-0.1, -0.05) is 43.2 Å². The van der Waals surface area contributed by atoms with Crippen LogP contribution in [0.15, 0.2) is 95.1 Å². The molecule has 0 fully saturated rings. The van der Waals surface area contributed by atoms with Crippen LogP contribution in [0.25, 0.3) is 11.0 Å². The summed E-state index contributed by atoms with van der Waals surface area (Å²) in [5.41, 5.74) is 5.75. The van der Waals surface area contributed by atoms with Crippen molar-refractivity contribution in [1.29, 1.82) is 0 Å². The van der Waals surface area contributed by atoms with Crippen molar-refractivity contribution in [3.8, 4) is 0 Å². The van der Waals surface area contributed by atoms with Gasteiger partial charge in [-0.15, -0.1) is 0 Å². The molecule has 0 spiro atoms. The fourth-order valence-electron chi connectivity index (χ4n) is 6.72. The number of alkyl halides is 3. The molecule has 5 aromatic rings. The quantitative estimate of drug-likeness (QED) is 0.0205. The number of fused-ring (bicyclic) bond motifs is 2. The Bertz CT molecular complexity index is 2640. The van der Waals surface area contributed by atoms with Crippen molar-refractivity contribution in [2.45, 2.75) is 62.3 Å². The number of ether oxygens (including phenoxy) is 1. The smallest absolute Gasteiger partial charge is 0.386 e. The van der Waals surface area contributed by atoms with Crippen LogP contribution in [-0.4, -0.2) is 106 Å². The Morgan fingerprint density at radius 1 is 1.00 bits per heavy atom. The Morgan fingerprint density at radius 3 is 2.47 bits per heavy atom. The summed E-state index contributed by atoms with van der Waals surface area (Å²) >= 11 is 0. The van der Waals surface area contributed by atoms with Crippen molar-refractivity contribution in [1.82, 2.24) is 30.1 Å². The zero-order valence-corrected chi connectivity index (χ0v) is 34.9. The number of hydrazone groups is 1. The third-order valence-electron chi connectivity index (χ3n) is 9.88. The first kappa shape index (κ1) is 46.3. The zero-order chi connectivity index (χ0) is 46.0. The van der Waals surface area contributed by atoms with Gasteiger partial charge in [0.05, 0.1) is 35.8 Å². The van der Waals surface area contributed by atoms with Crippen molar-refractivity contribution in [3.05, 3.63) is 113 Å². The second kappa shape index (κ2) is 20.3. The van der Waals surface area contributed by atoms with Gasteiger partial charge in [0.15, 0.2) is 0 Å². The Labute approximate surface area is 364 Å². The van der Waals surface area contributed by atoms with Crippen LogP contribution in [0.1, 0.15) is 69.8 Å². The third kappa shape index (κ3) is 12.2. The number of aromatic amines is 1. The van der Waals surface area contributed by atoms with Crippen molar-refractivity contribution in [2.24, 2.45) is 5.10 Å². The summed E-state index contributed by atoms with van der Waals surface area (Å²) < 4.78 is 74.9. The molecule has 2 aromatic heterocycles. The van der Waals surface area contributed by atoms with E-state index in [0.29, 0.717) is 49.3 Å². The van der Waals surface area contributed by atoms with Crippen LogP contribution in [0.2, 0.25) is 0 Å². The maximum atomic E-state index is 13.8. The van der Waals surface area contributed by atoms with Crippen LogP contribution < -0.4 is 16.1 Å². The molecule has 5 N–H and O–H groups in total. The first-order valence-corrected chi connectivity index (χ1v) is 21.2. The van der Waals surface area contributed by atoms with Crippen LogP contribution in [0.4, 0.5) is 24.7 Å². The van der Waals surface area contributed by atoms with E-state index in [1.54, 1.807) is 19.2 Å². The van der Waals surface area contributed by atoms with Gasteiger partial charge >= 0.3 is 18.1 Å². The minimum Gasteiger partial charge on any atom is -0.386 e. The fraction of sp³-hybridized carbons (Fsp3) is 0.286. The topological polar surface area (TPSA) is 245 Å². The van der Waals surface area contributed by atoms with Crippen LogP contribution in [0, 0.1) is 0 Å². The zero-order valence-electron chi connectivity index (χ0n) is 34.1. The van der Waals surface area contributed by atoms with E-state index in [1.165, 1.54) is 64.7 Å². The number of hydrogen-bond acceptors (Lipinski definition) is 13. The van der Waals surface area contributed by atoms with Crippen LogP contribution in [-0.2, 0) is 42.3 Å². The van der Waals surface area contributed by atoms with Crippen molar-refractivity contribution >= 4 is 68.5 Å². The molecular formula is C42H42F3N9O9S. The number of esters is 2. The number of imidazole rings is 1. The van der Waals surface area contributed by atoms with Crippen molar-refractivity contribution in [2.75, 3.05) is 30.9 Å². The van der Waals surface area contributed by atoms with Gasteiger partial charge in [0.1, 0.15) is 22.6 Å². The maximum absolute atomic E-state index is 13.8. The number of aromatic nitrogens is 3. The number of halogens is 3. The Morgan fingerprint density at radius 2 is 1.73 bits per heavy atom. The molecule has 336 valence electrons. The Balaban J connectivity index is 1.01. The third-order valence-corrected chi connectivity index (χ3v) is 10.8. The predicted octanol–water partition coefficient (Wildman–Crippen LogP) is 5.06. The van der Waals surface area contributed by atoms with Gasteiger partial charge in [-0.25, -0.2) is 14.8 Å². The molecule has 0 saturated heterocycles. The number of H-pyrrole nitrogens is 1. The minimum absolute atomic E-state index is 0.00461. The van der Waals surface area contributed by atoms with Gasteiger partial charge in [-0.05, 0) is 66.9 Å². The largest absolute Gasteiger partial charge is 0.491 e. The number of carbonyl (C=O) groups is 5. The van der Waals surface area contributed by atoms with Gasteiger partial charge in [0.25, 0.3) is 21.9 Å². The van der Waals surface area contributed by atoms with E-state index in [2.05, 4.69) is 40.8 Å². The standard InChI is InChI=1S/C42H42F3N9O9S/c1-53(25-36-50-31-11-5-6-12-32(31)51-36)39(57)26-14-16-30-29(20-26)24-54(40(58)33(49-30)21-37(55)63-41(59)42(43,44)45)19-9-3-2-8-18-46-38(56)28-15-17-35(47-22-28)52-48-23-27-10-4-7-13-34(27)64(60,61)62/h4-7,10-17,20,22-23,33,49H,2-3,8-9,18-19,21,24-25H2,1H3,(H,46,56)(H,47,52)(H,50,51)(H,60,61,62). The first-order chi connectivity index (χ1) is 30.5. The number of nitrogens with zero attached hydrogens (tertiary/aromatic N) is 5. The lowest BCUT2D eigenvalue weighted by molar-refractivity contribution is -0.202. The van der Waals surface area contributed by atoms with E-state index in [-0.39, 0.29) is 58.9 Å². The SMILES string of the molecule is CN(Cc1nc2ccccc2[nH]1)C(=O)c1ccc2c(c1)CN(CCCCCCNC(=O)c1ccc(NN=Cc3ccccc3S(=O)(=O)O)nc1)C(=O)C(CC(=O)OC(=O)C(F)(F)F)N2. The number of benzene rings is 3. The van der Waals surface area contributed by atoms with E-state index in [0.717, 1.165) is 11.0 Å². The average molecular weight is 906 g/mol. The molecule has 18 nitrogen and oxygen atoms in total. The average Bonchev–Trinajstić information content (AvgIpc) is 3.61. The summed E-state index contributed by atoms with van der Waals surface area (Å²) in [6, 6.07) is 19.4. The lowest BCUT2D eigenvalue weighted by atomic mass is 10.1. The number of pyridine rings is 1. The summed E-state index contributed by atoms with van der Waals surface area (Å²) in [6.45, 7) is 0.653. The number of para-hydroxylation sites is 2. The van der Waals surface area contributed by atoms with Gasteiger partial charge in [0, 0.05) is 49.7 Å². The van der Waals surface area contributed by atoms with Crippen LogP contribution in [0.5, 0.6) is 0 Å². The molecule has 3 heterocycles. The lowest BCUT2D eigenvalue weighted by Crippen LogP contribution is -2.42. The number of carbonyl (C=O) groups excluding carboxylic acids is 5. The monoisotopic (exact) mass is 905 g/mol. The number of amides is 3. The molecule has 6 rings (SSSR count). The Kier molecular flexibility index (Phi) is 14.7. The number of hydrogen-bond donors (Lipinski definition) is 5. The summed E-state index contributed by atoms with van der Waals surface area (Å²) in [4.78, 5) is 78.2. The van der Waals surface area contributed by atoms with E-state index in [4.69, 9.17) is 0 Å².